The fourth-order valence-corrected chi connectivity index (χ4v) is 3.67. The number of halogens is 2. The Morgan fingerprint density at radius 3 is 2.48 bits per heavy atom. The van der Waals surface area contributed by atoms with Crippen molar-refractivity contribution in [3.8, 4) is 22.9 Å². The Kier molecular flexibility index (Phi) is 7.59. The molecule has 31 heavy (non-hydrogen) atoms. The third-order valence-electron chi connectivity index (χ3n) is 4.91. The highest BCUT2D eigenvalue weighted by molar-refractivity contribution is 6.35. The zero-order valence-corrected chi connectivity index (χ0v) is 18.4. The second kappa shape index (κ2) is 10.8. The van der Waals surface area contributed by atoms with Crippen LogP contribution in [0.15, 0.2) is 48.7 Å². The molecule has 1 aliphatic heterocycles. The van der Waals surface area contributed by atoms with Crippen molar-refractivity contribution in [2.24, 2.45) is 0 Å². The van der Waals surface area contributed by atoms with Gasteiger partial charge in [-0.2, -0.15) is 0 Å². The zero-order chi connectivity index (χ0) is 21.5. The van der Waals surface area contributed by atoms with Crippen LogP contribution in [-0.2, 0) is 11.3 Å². The predicted molar refractivity (Wildman–Crippen MR) is 120 cm³/mol. The summed E-state index contributed by atoms with van der Waals surface area (Å²) in [4.78, 5) is 10.9. The number of nitrogens with zero attached hydrogens (tertiary/aromatic N) is 3. The van der Waals surface area contributed by atoms with Gasteiger partial charge in [-0.3, -0.25) is 4.90 Å². The third-order valence-corrected chi connectivity index (χ3v) is 5.62. The van der Waals surface area contributed by atoms with E-state index in [0.717, 1.165) is 44.2 Å². The number of aromatic nitrogens is 2. The molecule has 161 valence electrons. The third kappa shape index (κ3) is 6.08. The van der Waals surface area contributed by atoms with Gasteiger partial charge in [0.05, 0.1) is 25.1 Å². The first-order valence-corrected chi connectivity index (χ1v) is 10.8. The number of rotatable bonds is 8. The van der Waals surface area contributed by atoms with Gasteiger partial charge in [-0.25, -0.2) is 9.97 Å². The number of morpholine rings is 1. The van der Waals surface area contributed by atoms with Gasteiger partial charge in [0.15, 0.2) is 6.20 Å². The molecule has 1 radical (unpaired) electrons. The van der Waals surface area contributed by atoms with Crippen molar-refractivity contribution < 1.29 is 14.2 Å². The fraction of sp³-hybridized carbons (Fsp3) is 0.304. The van der Waals surface area contributed by atoms with Gasteiger partial charge in [-0.15, -0.1) is 0 Å². The highest BCUT2D eigenvalue weighted by Crippen LogP contribution is 2.26. The Hall–Kier alpha value is -2.38. The Morgan fingerprint density at radius 2 is 1.74 bits per heavy atom. The molecule has 0 aliphatic carbocycles. The summed E-state index contributed by atoms with van der Waals surface area (Å²) >= 11 is 12.4. The molecule has 0 unspecified atom stereocenters. The van der Waals surface area contributed by atoms with Crippen molar-refractivity contribution >= 4 is 23.2 Å². The molecule has 0 bridgehead atoms. The summed E-state index contributed by atoms with van der Waals surface area (Å²) in [5.74, 6) is 1.09. The largest absolute Gasteiger partial charge is 0.492 e. The summed E-state index contributed by atoms with van der Waals surface area (Å²) in [7, 11) is 0. The number of benzene rings is 2. The molecule has 0 amide bonds. The second-order valence-electron chi connectivity index (χ2n) is 6.99. The Labute approximate surface area is 191 Å². The van der Waals surface area contributed by atoms with Crippen molar-refractivity contribution in [3.63, 3.8) is 0 Å². The number of hydrogen-bond acceptors (Lipinski definition) is 6. The molecule has 1 aromatic heterocycles. The molecule has 0 N–H and O–H groups in total. The van der Waals surface area contributed by atoms with E-state index in [0.29, 0.717) is 27.9 Å². The van der Waals surface area contributed by atoms with Gasteiger partial charge in [-0.05, 0) is 36.4 Å². The quantitative estimate of drug-likeness (QED) is 0.493. The lowest BCUT2D eigenvalue weighted by atomic mass is 10.1. The first-order valence-electron chi connectivity index (χ1n) is 10.0. The van der Waals surface area contributed by atoms with Gasteiger partial charge >= 0.3 is 0 Å². The van der Waals surface area contributed by atoms with Crippen LogP contribution in [-0.4, -0.2) is 54.3 Å². The molecule has 1 fully saturated rings. The summed E-state index contributed by atoms with van der Waals surface area (Å²) in [5.41, 5.74) is 2.28. The highest BCUT2D eigenvalue weighted by atomic mass is 35.5. The summed E-state index contributed by atoms with van der Waals surface area (Å²) in [6.07, 6.45) is 4.39. The van der Waals surface area contributed by atoms with E-state index in [9.17, 15) is 0 Å². The van der Waals surface area contributed by atoms with Crippen LogP contribution in [0.5, 0.6) is 11.6 Å². The van der Waals surface area contributed by atoms with Crippen molar-refractivity contribution in [2.75, 3.05) is 39.5 Å². The summed E-state index contributed by atoms with van der Waals surface area (Å²) in [5, 5.41) is 1.08. The lowest BCUT2D eigenvalue weighted by Crippen LogP contribution is -2.38. The molecule has 0 spiro atoms. The molecule has 8 heteroatoms. The topological polar surface area (TPSA) is 56.7 Å². The highest BCUT2D eigenvalue weighted by Gasteiger charge is 2.11. The van der Waals surface area contributed by atoms with E-state index < -0.39 is 0 Å². The number of ether oxygens (including phenoxy) is 3. The second-order valence-corrected chi connectivity index (χ2v) is 7.80. The van der Waals surface area contributed by atoms with Crippen LogP contribution in [0, 0.1) is 6.20 Å². The minimum atomic E-state index is 0.184. The maximum absolute atomic E-state index is 6.19. The Morgan fingerprint density at radius 1 is 1.00 bits per heavy atom. The normalized spacial score (nSPS) is 14.4. The van der Waals surface area contributed by atoms with Crippen LogP contribution in [0.1, 0.15) is 5.56 Å². The molecule has 2 aromatic carbocycles. The Bertz CT molecular complexity index is 975. The molecule has 4 rings (SSSR count). The SMILES string of the molecule is Clc1cccc(Cl)c1COc1[c]ncc(-c2ccc(OCCN3CCOCC3)cc2)n1. The van der Waals surface area contributed by atoms with E-state index in [4.69, 9.17) is 37.4 Å². The standard InChI is InChI=1S/C23H22Cl2N3O3/c24-20-2-1-3-21(25)19(20)16-31-23-15-26-14-22(27-23)17-4-6-18(7-5-17)30-13-10-28-8-11-29-12-9-28/h1-7,14H,8-13,16H2. The molecule has 1 saturated heterocycles. The Balaban J connectivity index is 1.34. The lowest BCUT2D eigenvalue weighted by Gasteiger charge is -2.26. The number of hydrogen-bond donors (Lipinski definition) is 0. The van der Waals surface area contributed by atoms with Crippen molar-refractivity contribution in [2.45, 2.75) is 6.61 Å². The van der Waals surface area contributed by atoms with E-state index >= 15 is 0 Å². The van der Waals surface area contributed by atoms with Gasteiger partial charge in [0, 0.05) is 40.8 Å². The van der Waals surface area contributed by atoms with Crippen LogP contribution in [0.3, 0.4) is 0 Å². The zero-order valence-electron chi connectivity index (χ0n) is 16.9. The maximum atomic E-state index is 6.19. The molecular formula is C23H22Cl2N3O3. The summed E-state index contributed by atoms with van der Waals surface area (Å²) in [6.45, 7) is 5.22. The van der Waals surface area contributed by atoms with Gasteiger partial charge in [0.2, 0.25) is 5.88 Å². The monoisotopic (exact) mass is 458 g/mol. The molecular weight excluding hydrogens is 437 g/mol. The van der Waals surface area contributed by atoms with Crippen molar-refractivity contribution in [1.82, 2.24) is 14.9 Å². The van der Waals surface area contributed by atoms with Gasteiger partial charge in [-0.1, -0.05) is 29.3 Å². The van der Waals surface area contributed by atoms with Crippen LogP contribution in [0.2, 0.25) is 10.0 Å². The van der Waals surface area contributed by atoms with Crippen LogP contribution >= 0.6 is 23.2 Å². The molecule has 3 aromatic rings. The van der Waals surface area contributed by atoms with Crippen LogP contribution in [0.25, 0.3) is 11.3 Å². The summed E-state index contributed by atoms with van der Waals surface area (Å²) in [6, 6.07) is 13.1. The minimum absolute atomic E-state index is 0.184. The molecule has 0 atom stereocenters. The average Bonchev–Trinajstić information content (AvgIpc) is 2.80. The first-order chi connectivity index (χ1) is 15.2. The lowest BCUT2D eigenvalue weighted by molar-refractivity contribution is 0.0322. The molecule has 1 aliphatic rings. The van der Waals surface area contributed by atoms with E-state index in [2.05, 4.69) is 21.1 Å². The van der Waals surface area contributed by atoms with E-state index in [1.165, 1.54) is 0 Å². The van der Waals surface area contributed by atoms with E-state index in [1.54, 1.807) is 24.4 Å². The predicted octanol–water partition coefficient (Wildman–Crippen LogP) is 4.54. The molecule has 0 saturated carbocycles. The van der Waals surface area contributed by atoms with E-state index in [-0.39, 0.29) is 12.5 Å². The smallest absolute Gasteiger partial charge is 0.243 e. The van der Waals surface area contributed by atoms with Gasteiger partial charge in [0.25, 0.3) is 0 Å². The minimum Gasteiger partial charge on any atom is -0.492 e. The van der Waals surface area contributed by atoms with Crippen molar-refractivity contribution in [3.05, 3.63) is 70.5 Å². The molecule has 2 heterocycles. The van der Waals surface area contributed by atoms with E-state index in [1.807, 2.05) is 24.3 Å². The maximum Gasteiger partial charge on any atom is 0.243 e. The molecule has 6 nitrogen and oxygen atoms in total. The van der Waals surface area contributed by atoms with Gasteiger partial charge in [0.1, 0.15) is 19.0 Å². The first kappa shape index (κ1) is 21.8. The van der Waals surface area contributed by atoms with Crippen molar-refractivity contribution in [1.29, 1.82) is 0 Å². The van der Waals surface area contributed by atoms with Crippen LogP contribution < -0.4 is 9.47 Å². The fourth-order valence-electron chi connectivity index (χ4n) is 3.17. The van der Waals surface area contributed by atoms with Crippen LogP contribution in [0.4, 0.5) is 0 Å². The van der Waals surface area contributed by atoms with Gasteiger partial charge < -0.3 is 14.2 Å². The average molecular weight is 459 g/mol. The summed E-state index contributed by atoms with van der Waals surface area (Å²) < 4.78 is 16.9.